The Balaban J connectivity index is 1.79. The van der Waals surface area contributed by atoms with Crippen molar-refractivity contribution in [1.29, 1.82) is 0 Å². The molecule has 142 valence electrons. The molecule has 1 N–H and O–H groups in total. The van der Waals surface area contributed by atoms with E-state index in [4.69, 9.17) is 0 Å². The van der Waals surface area contributed by atoms with Crippen LogP contribution in [0, 0.1) is 0 Å². The summed E-state index contributed by atoms with van der Waals surface area (Å²) >= 11 is 1.57. The Morgan fingerprint density at radius 2 is 1.96 bits per heavy atom. The molecule has 0 spiro atoms. The van der Waals surface area contributed by atoms with Crippen molar-refractivity contribution in [3.63, 3.8) is 0 Å². The maximum Gasteiger partial charge on any atom is 0.367 e. The van der Waals surface area contributed by atoms with Gasteiger partial charge in [-0.25, -0.2) is 9.48 Å². The first-order chi connectivity index (χ1) is 12.7. The third-order valence-electron chi connectivity index (χ3n) is 3.74. The molecule has 3 aromatic rings. The minimum absolute atomic E-state index is 0.0206. The van der Waals surface area contributed by atoms with Gasteiger partial charge in [-0.2, -0.15) is 9.61 Å². The van der Waals surface area contributed by atoms with Crippen LogP contribution in [0.15, 0.2) is 46.2 Å². The van der Waals surface area contributed by atoms with Gasteiger partial charge in [-0.05, 0) is 36.2 Å². The maximum absolute atomic E-state index is 12.5. The molecule has 0 saturated heterocycles. The third kappa shape index (κ3) is 4.77. The fourth-order valence-electron chi connectivity index (χ4n) is 2.57. The maximum atomic E-state index is 12.5. The Labute approximate surface area is 161 Å². The highest BCUT2D eigenvalue weighted by Crippen LogP contribution is 2.29. The predicted molar refractivity (Wildman–Crippen MR) is 107 cm³/mol. The molecule has 2 heterocycles. The van der Waals surface area contributed by atoms with Gasteiger partial charge in [0.2, 0.25) is 5.91 Å². The average molecular weight is 385 g/mol. The lowest BCUT2D eigenvalue weighted by molar-refractivity contribution is -0.117. The summed E-state index contributed by atoms with van der Waals surface area (Å²) in [6.07, 6.45) is 0.885. The Morgan fingerprint density at radius 3 is 2.67 bits per heavy atom. The SMILES string of the molecule is CCc1cccc(NC(=O)Cn2nc3ccc(SC(C)(C)C)nn3c2=O)c1. The van der Waals surface area contributed by atoms with Crippen molar-refractivity contribution in [3.05, 3.63) is 52.4 Å². The second-order valence-electron chi connectivity index (χ2n) is 7.20. The molecule has 1 amide bonds. The molecule has 0 fully saturated rings. The van der Waals surface area contributed by atoms with Crippen LogP contribution in [0.4, 0.5) is 5.69 Å². The lowest BCUT2D eigenvalue weighted by Gasteiger charge is -2.16. The zero-order valence-electron chi connectivity index (χ0n) is 15.9. The first-order valence-corrected chi connectivity index (χ1v) is 9.61. The molecule has 7 nitrogen and oxygen atoms in total. The molecule has 3 rings (SSSR count). The molecular weight excluding hydrogens is 362 g/mol. The van der Waals surface area contributed by atoms with Crippen LogP contribution in [-0.4, -0.2) is 30.0 Å². The minimum atomic E-state index is -0.432. The first-order valence-electron chi connectivity index (χ1n) is 8.80. The molecule has 0 aliphatic heterocycles. The van der Waals surface area contributed by atoms with Crippen LogP contribution in [0.1, 0.15) is 33.3 Å². The van der Waals surface area contributed by atoms with Gasteiger partial charge >= 0.3 is 5.69 Å². The average Bonchev–Trinajstić information content (AvgIpc) is 2.89. The molecule has 0 bridgehead atoms. The normalized spacial score (nSPS) is 11.7. The van der Waals surface area contributed by atoms with Gasteiger partial charge < -0.3 is 5.32 Å². The molecule has 0 aliphatic carbocycles. The topological polar surface area (TPSA) is 81.3 Å². The fourth-order valence-corrected chi connectivity index (χ4v) is 3.45. The van der Waals surface area contributed by atoms with E-state index >= 15 is 0 Å². The summed E-state index contributed by atoms with van der Waals surface area (Å²) in [5.41, 5.74) is 1.82. The molecule has 0 atom stereocenters. The zero-order chi connectivity index (χ0) is 19.6. The molecule has 8 heteroatoms. The lowest BCUT2D eigenvalue weighted by Crippen LogP contribution is -2.29. The molecule has 0 radical (unpaired) electrons. The van der Waals surface area contributed by atoms with Crippen molar-refractivity contribution < 1.29 is 4.79 Å². The van der Waals surface area contributed by atoms with E-state index in [2.05, 4.69) is 43.2 Å². The Hall–Kier alpha value is -2.61. The third-order valence-corrected chi connectivity index (χ3v) is 4.78. The second-order valence-corrected chi connectivity index (χ2v) is 9.05. The van der Waals surface area contributed by atoms with E-state index in [1.54, 1.807) is 17.8 Å². The summed E-state index contributed by atoms with van der Waals surface area (Å²) in [5.74, 6) is -0.307. The van der Waals surface area contributed by atoms with E-state index in [-0.39, 0.29) is 17.2 Å². The van der Waals surface area contributed by atoms with Gasteiger partial charge in [-0.15, -0.1) is 5.10 Å². The molecule has 0 unspecified atom stereocenters. The van der Waals surface area contributed by atoms with Gasteiger partial charge in [0, 0.05) is 10.4 Å². The van der Waals surface area contributed by atoms with Crippen molar-refractivity contribution in [2.45, 2.75) is 50.4 Å². The number of nitrogens with zero attached hydrogens (tertiary/aromatic N) is 4. The van der Waals surface area contributed by atoms with Crippen molar-refractivity contribution in [1.82, 2.24) is 19.4 Å². The number of anilines is 1. The summed E-state index contributed by atoms with van der Waals surface area (Å²) in [6.45, 7) is 8.12. The number of carbonyl (C=O) groups excluding carboxylic acids is 1. The number of hydrogen-bond donors (Lipinski definition) is 1. The number of carbonyl (C=O) groups is 1. The monoisotopic (exact) mass is 385 g/mol. The number of hydrogen-bond acceptors (Lipinski definition) is 5. The van der Waals surface area contributed by atoms with E-state index in [1.807, 2.05) is 30.3 Å². The van der Waals surface area contributed by atoms with Crippen molar-refractivity contribution in [3.8, 4) is 0 Å². The Bertz CT molecular complexity index is 1030. The van der Waals surface area contributed by atoms with Crippen LogP contribution in [0.25, 0.3) is 5.65 Å². The van der Waals surface area contributed by atoms with Crippen LogP contribution in [0.5, 0.6) is 0 Å². The van der Waals surface area contributed by atoms with Crippen LogP contribution < -0.4 is 11.0 Å². The molecule has 2 aromatic heterocycles. The Morgan fingerprint density at radius 1 is 1.19 bits per heavy atom. The van der Waals surface area contributed by atoms with Crippen LogP contribution in [0.3, 0.4) is 0 Å². The van der Waals surface area contributed by atoms with Gasteiger partial charge in [0.05, 0.1) is 0 Å². The number of thioether (sulfide) groups is 1. The van der Waals surface area contributed by atoms with E-state index in [9.17, 15) is 9.59 Å². The first kappa shape index (κ1) is 19.2. The fraction of sp³-hybridized carbons (Fsp3) is 0.368. The number of fused-ring (bicyclic) bond motifs is 1. The summed E-state index contributed by atoms with van der Waals surface area (Å²) in [4.78, 5) is 24.9. The van der Waals surface area contributed by atoms with Gasteiger partial charge in [-0.1, -0.05) is 51.6 Å². The summed E-state index contributed by atoms with van der Waals surface area (Å²) in [5, 5.41) is 12.1. The van der Waals surface area contributed by atoms with Gasteiger partial charge in [0.1, 0.15) is 11.6 Å². The van der Waals surface area contributed by atoms with Gasteiger partial charge in [-0.3, -0.25) is 4.79 Å². The van der Waals surface area contributed by atoms with Crippen LogP contribution in [0.2, 0.25) is 0 Å². The molecule has 0 saturated carbocycles. The zero-order valence-corrected chi connectivity index (χ0v) is 16.7. The smallest absolute Gasteiger partial charge is 0.324 e. The molecule has 27 heavy (non-hydrogen) atoms. The predicted octanol–water partition coefficient (Wildman–Crippen LogP) is 2.98. The number of benzene rings is 1. The highest BCUT2D eigenvalue weighted by atomic mass is 32.2. The number of aryl methyl sites for hydroxylation is 1. The molecule has 1 aromatic carbocycles. The number of amides is 1. The van der Waals surface area contributed by atoms with Crippen molar-refractivity contribution in [2.24, 2.45) is 0 Å². The summed E-state index contributed by atoms with van der Waals surface area (Å²) in [7, 11) is 0. The number of nitrogens with one attached hydrogen (secondary N) is 1. The highest BCUT2D eigenvalue weighted by Gasteiger charge is 2.16. The largest absolute Gasteiger partial charge is 0.367 e. The van der Waals surface area contributed by atoms with Crippen LogP contribution in [-0.2, 0) is 17.8 Å². The minimum Gasteiger partial charge on any atom is -0.324 e. The van der Waals surface area contributed by atoms with E-state index in [1.165, 1.54) is 4.52 Å². The number of aromatic nitrogens is 4. The van der Waals surface area contributed by atoms with Gasteiger partial charge in [0.25, 0.3) is 0 Å². The van der Waals surface area contributed by atoms with E-state index < -0.39 is 5.69 Å². The lowest BCUT2D eigenvalue weighted by atomic mass is 10.1. The molecule has 0 aliphatic rings. The van der Waals surface area contributed by atoms with Crippen molar-refractivity contribution >= 4 is 29.0 Å². The van der Waals surface area contributed by atoms with Gasteiger partial charge in [0.15, 0.2) is 5.65 Å². The summed E-state index contributed by atoms with van der Waals surface area (Å²) in [6, 6.07) is 11.2. The standard InChI is InChI=1S/C19H23N5O2S/c1-5-13-7-6-8-14(11-13)20-16(25)12-23-18(26)24-15(21-23)9-10-17(22-24)27-19(2,3)4/h6-11H,5,12H2,1-4H3,(H,20,25). The van der Waals surface area contributed by atoms with E-state index in [0.717, 1.165) is 21.7 Å². The second kappa shape index (κ2) is 7.56. The highest BCUT2D eigenvalue weighted by molar-refractivity contribution is 8.00. The Kier molecular flexibility index (Phi) is 5.36. The number of rotatable bonds is 5. The summed E-state index contributed by atoms with van der Waals surface area (Å²) < 4.78 is 2.35. The quantitative estimate of drug-likeness (QED) is 0.683. The van der Waals surface area contributed by atoms with Crippen LogP contribution >= 0.6 is 11.8 Å². The van der Waals surface area contributed by atoms with Crippen molar-refractivity contribution in [2.75, 3.05) is 5.32 Å². The van der Waals surface area contributed by atoms with E-state index in [0.29, 0.717) is 11.3 Å². The molecular formula is C19H23N5O2S.